The molecule has 1 amide bonds. The Bertz CT molecular complexity index is 698. The standard InChI is InChI=1S/C14H14N6O3/c21-13(10-8-16-11(9-15-10)14(22)23)20-6-4-19(5-7-20)12-2-1-3-17-18-12/h1-3,8-9H,4-7H2,(H,22,23). The average Bonchev–Trinajstić information content (AvgIpc) is 2.62. The van der Waals surface area contributed by atoms with Gasteiger partial charge in [-0.25, -0.2) is 14.8 Å². The Hall–Kier alpha value is -3.10. The summed E-state index contributed by atoms with van der Waals surface area (Å²) in [6.45, 7) is 2.34. The number of piperazine rings is 1. The van der Waals surface area contributed by atoms with Crippen LogP contribution in [0.25, 0.3) is 0 Å². The molecule has 3 heterocycles. The zero-order valence-corrected chi connectivity index (χ0v) is 12.2. The van der Waals surface area contributed by atoms with E-state index in [0.29, 0.717) is 26.2 Å². The summed E-state index contributed by atoms with van der Waals surface area (Å²) in [6.07, 6.45) is 3.90. The van der Waals surface area contributed by atoms with Crippen molar-refractivity contribution in [1.82, 2.24) is 25.1 Å². The van der Waals surface area contributed by atoms with Gasteiger partial charge in [0.25, 0.3) is 5.91 Å². The van der Waals surface area contributed by atoms with Crippen molar-refractivity contribution in [3.63, 3.8) is 0 Å². The number of carboxylic acid groups (broad SMARTS) is 1. The van der Waals surface area contributed by atoms with Crippen molar-refractivity contribution in [3.05, 3.63) is 42.1 Å². The first-order valence-corrected chi connectivity index (χ1v) is 7.02. The van der Waals surface area contributed by atoms with Crippen LogP contribution < -0.4 is 4.90 Å². The minimum atomic E-state index is -1.17. The van der Waals surface area contributed by atoms with Crippen LogP contribution in [0.1, 0.15) is 21.0 Å². The lowest BCUT2D eigenvalue weighted by Crippen LogP contribution is -2.49. The highest BCUT2D eigenvalue weighted by atomic mass is 16.4. The molecule has 1 saturated heterocycles. The number of carbonyl (C=O) groups excluding carboxylic acids is 1. The smallest absolute Gasteiger partial charge is 0.356 e. The molecule has 1 fully saturated rings. The third-order valence-corrected chi connectivity index (χ3v) is 3.54. The molecule has 0 spiro atoms. The van der Waals surface area contributed by atoms with E-state index in [1.165, 1.54) is 6.20 Å². The zero-order valence-electron chi connectivity index (χ0n) is 12.2. The summed E-state index contributed by atoms with van der Waals surface area (Å²) < 4.78 is 0. The Balaban J connectivity index is 1.63. The van der Waals surface area contributed by atoms with Gasteiger partial charge in [-0.15, -0.1) is 5.10 Å². The van der Waals surface area contributed by atoms with Gasteiger partial charge in [0.2, 0.25) is 0 Å². The summed E-state index contributed by atoms with van der Waals surface area (Å²) in [5.74, 6) is -0.646. The summed E-state index contributed by atoms with van der Waals surface area (Å²) in [7, 11) is 0. The molecule has 0 saturated carbocycles. The molecular formula is C14H14N6O3. The van der Waals surface area contributed by atoms with Crippen LogP contribution in [-0.4, -0.2) is 68.2 Å². The van der Waals surface area contributed by atoms with Crippen molar-refractivity contribution in [1.29, 1.82) is 0 Å². The Kier molecular flexibility index (Phi) is 4.09. The van der Waals surface area contributed by atoms with Gasteiger partial charge in [-0.3, -0.25) is 4.79 Å². The fraction of sp³-hybridized carbons (Fsp3) is 0.286. The van der Waals surface area contributed by atoms with Crippen LogP contribution in [0, 0.1) is 0 Å². The molecule has 3 rings (SSSR count). The van der Waals surface area contributed by atoms with Crippen LogP contribution in [0.3, 0.4) is 0 Å². The molecule has 1 aliphatic rings. The molecule has 1 N–H and O–H groups in total. The minimum Gasteiger partial charge on any atom is -0.476 e. The van der Waals surface area contributed by atoms with Gasteiger partial charge in [0.05, 0.1) is 12.4 Å². The number of anilines is 1. The second-order valence-corrected chi connectivity index (χ2v) is 4.95. The number of carboxylic acids is 1. The molecular weight excluding hydrogens is 300 g/mol. The fourth-order valence-electron chi connectivity index (χ4n) is 2.31. The Labute approximate surface area is 131 Å². The maximum atomic E-state index is 12.4. The van der Waals surface area contributed by atoms with E-state index < -0.39 is 5.97 Å². The first-order chi connectivity index (χ1) is 11.1. The molecule has 9 nitrogen and oxygen atoms in total. The van der Waals surface area contributed by atoms with E-state index >= 15 is 0 Å². The number of carbonyl (C=O) groups is 2. The summed E-state index contributed by atoms with van der Waals surface area (Å²) in [5, 5.41) is 16.7. The summed E-state index contributed by atoms with van der Waals surface area (Å²) >= 11 is 0. The van der Waals surface area contributed by atoms with Crippen LogP contribution in [0.2, 0.25) is 0 Å². The quantitative estimate of drug-likeness (QED) is 0.837. The van der Waals surface area contributed by atoms with E-state index in [1.54, 1.807) is 11.1 Å². The van der Waals surface area contributed by atoms with Crippen molar-refractivity contribution in [3.8, 4) is 0 Å². The van der Waals surface area contributed by atoms with Crippen LogP contribution in [-0.2, 0) is 0 Å². The Morgan fingerprint density at radius 3 is 2.30 bits per heavy atom. The third-order valence-electron chi connectivity index (χ3n) is 3.54. The number of hydrogen-bond acceptors (Lipinski definition) is 7. The van der Waals surface area contributed by atoms with Crippen molar-refractivity contribution < 1.29 is 14.7 Å². The van der Waals surface area contributed by atoms with E-state index in [9.17, 15) is 9.59 Å². The SMILES string of the molecule is O=C(O)c1cnc(C(=O)N2CCN(c3cccnn3)CC2)cn1. The highest BCUT2D eigenvalue weighted by molar-refractivity contribution is 5.93. The molecule has 2 aromatic heterocycles. The molecule has 0 unspecified atom stereocenters. The first-order valence-electron chi connectivity index (χ1n) is 7.02. The molecule has 9 heteroatoms. The van der Waals surface area contributed by atoms with Gasteiger partial charge < -0.3 is 14.9 Å². The molecule has 0 atom stereocenters. The average molecular weight is 314 g/mol. The maximum Gasteiger partial charge on any atom is 0.356 e. The number of rotatable bonds is 3. The molecule has 0 aliphatic carbocycles. The minimum absolute atomic E-state index is 0.142. The summed E-state index contributed by atoms with van der Waals surface area (Å²) in [4.78, 5) is 34.4. The van der Waals surface area contributed by atoms with Gasteiger partial charge in [0, 0.05) is 32.4 Å². The summed E-state index contributed by atoms with van der Waals surface area (Å²) in [5.41, 5.74) is -0.0445. The predicted molar refractivity (Wildman–Crippen MR) is 79.1 cm³/mol. The number of aromatic carboxylic acids is 1. The Morgan fingerprint density at radius 1 is 1.04 bits per heavy atom. The Morgan fingerprint density at radius 2 is 1.74 bits per heavy atom. The maximum absolute atomic E-state index is 12.4. The lowest BCUT2D eigenvalue weighted by atomic mass is 10.2. The molecule has 118 valence electrons. The first kappa shape index (κ1) is 14.8. The largest absolute Gasteiger partial charge is 0.476 e. The third kappa shape index (κ3) is 3.23. The van der Waals surface area contributed by atoms with Crippen molar-refractivity contribution in [2.75, 3.05) is 31.1 Å². The monoisotopic (exact) mass is 314 g/mol. The van der Waals surface area contributed by atoms with Gasteiger partial charge >= 0.3 is 5.97 Å². The van der Waals surface area contributed by atoms with Gasteiger partial charge in [-0.2, -0.15) is 5.10 Å². The highest BCUT2D eigenvalue weighted by Crippen LogP contribution is 2.13. The van der Waals surface area contributed by atoms with Gasteiger partial charge in [-0.05, 0) is 12.1 Å². The molecule has 23 heavy (non-hydrogen) atoms. The number of nitrogens with zero attached hydrogens (tertiary/aromatic N) is 6. The van der Waals surface area contributed by atoms with Crippen molar-refractivity contribution in [2.45, 2.75) is 0 Å². The van der Waals surface area contributed by atoms with Crippen molar-refractivity contribution in [2.24, 2.45) is 0 Å². The second kappa shape index (κ2) is 6.34. The highest BCUT2D eigenvalue weighted by Gasteiger charge is 2.24. The van der Waals surface area contributed by atoms with Crippen LogP contribution >= 0.6 is 0 Å². The van der Waals surface area contributed by atoms with Crippen molar-refractivity contribution >= 4 is 17.7 Å². The second-order valence-electron chi connectivity index (χ2n) is 4.95. The molecule has 2 aromatic rings. The normalized spacial score (nSPS) is 14.6. The summed E-state index contributed by atoms with van der Waals surface area (Å²) in [6, 6.07) is 3.69. The van der Waals surface area contributed by atoms with Gasteiger partial charge in [0.15, 0.2) is 11.5 Å². The topological polar surface area (TPSA) is 112 Å². The molecule has 0 aromatic carbocycles. The lowest BCUT2D eigenvalue weighted by molar-refractivity contribution is 0.0684. The van der Waals surface area contributed by atoms with E-state index in [4.69, 9.17) is 5.11 Å². The molecule has 0 bridgehead atoms. The van der Waals surface area contributed by atoms with E-state index in [1.807, 2.05) is 12.1 Å². The van der Waals surface area contributed by atoms with E-state index in [-0.39, 0.29) is 17.3 Å². The van der Waals surface area contributed by atoms with Crippen LogP contribution in [0.4, 0.5) is 5.82 Å². The number of amides is 1. The molecule has 0 radical (unpaired) electrons. The van der Waals surface area contributed by atoms with Crippen LogP contribution in [0.5, 0.6) is 0 Å². The van der Waals surface area contributed by atoms with E-state index in [0.717, 1.165) is 12.0 Å². The van der Waals surface area contributed by atoms with Gasteiger partial charge in [-0.1, -0.05) is 0 Å². The fourth-order valence-corrected chi connectivity index (χ4v) is 2.31. The van der Waals surface area contributed by atoms with E-state index in [2.05, 4.69) is 25.1 Å². The molecule has 1 aliphatic heterocycles. The van der Waals surface area contributed by atoms with Gasteiger partial charge in [0.1, 0.15) is 5.69 Å². The predicted octanol–water partition coefficient (Wildman–Crippen LogP) is -0.0728. The number of hydrogen-bond donors (Lipinski definition) is 1. The van der Waals surface area contributed by atoms with Crippen LogP contribution in [0.15, 0.2) is 30.7 Å². The number of aromatic nitrogens is 4. The lowest BCUT2D eigenvalue weighted by Gasteiger charge is -2.34. The zero-order chi connectivity index (χ0) is 16.2.